The monoisotopic (exact) mass is 456 g/mol. The first-order valence-corrected chi connectivity index (χ1v) is 11.2. The van der Waals surface area contributed by atoms with Gasteiger partial charge in [0, 0.05) is 37.1 Å². The van der Waals surface area contributed by atoms with Gasteiger partial charge in [0.05, 0.1) is 18.5 Å². The van der Waals surface area contributed by atoms with Gasteiger partial charge >= 0.3 is 0 Å². The van der Waals surface area contributed by atoms with Crippen LogP contribution in [-0.2, 0) is 19.7 Å². The summed E-state index contributed by atoms with van der Waals surface area (Å²) in [6, 6.07) is 19.9. The molecule has 2 aliphatic rings. The summed E-state index contributed by atoms with van der Waals surface area (Å²) in [4.78, 5) is 15.1. The van der Waals surface area contributed by atoms with Crippen LogP contribution >= 0.6 is 0 Å². The zero-order chi connectivity index (χ0) is 23.7. The second kappa shape index (κ2) is 8.99. The summed E-state index contributed by atoms with van der Waals surface area (Å²) < 4.78 is 12.0. The van der Waals surface area contributed by atoms with Crippen LogP contribution in [0.3, 0.4) is 0 Å². The minimum atomic E-state index is -0.393. The molecular weight excluding hydrogens is 432 g/mol. The largest absolute Gasteiger partial charge is 0.508 e. The molecule has 3 aromatic rings. The Morgan fingerprint density at radius 3 is 2.59 bits per heavy atom. The Balaban J connectivity index is 1.35. The van der Waals surface area contributed by atoms with Gasteiger partial charge in [-0.05, 0) is 17.2 Å². The van der Waals surface area contributed by atoms with Crippen molar-refractivity contribution in [3.63, 3.8) is 0 Å². The molecule has 0 spiro atoms. The number of phenolic OH excluding ortho intramolecular Hbond substituents is 2. The maximum absolute atomic E-state index is 13.5. The van der Waals surface area contributed by atoms with E-state index >= 15 is 0 Å². The topological polar surface area (TPSA) is 103 Å². The highest BCUT2D eigenvalue weighted by atomic mass is 16.5. The van der Waals surface area contributed by atoms with Crippen molar-refractivity contribution in [1.29, 1.82) is 5.26 Å². The van der Waals surface area contributed by atoms with Gasteiger partial charge in [0.15, 0.2) is 0 Å². The number of carbonyl (C=O) groups excluding carboxylic acids is 1. The van der Waals surface area contributed by atoms with Gasteiger partial charge in [-0.15, -0.1) is 0 Å². The number of ether oxygens (including phenoxy) is 2. The van der Waals surface area contributed by atoms with Gasteiger partial charge < -0.3 is 24.6 Å². The van der Waals surface area contributed by atoms with Crippen LogP contribution in [0.25, 0.3) is 0 Å². The quantitative estimate of drug-likeness (QED) is 0.566. The Hall–Kier alpha value is -4.18. The molecule has 0 saturated heterocycles. The van der Waals surface area contributed by atoms with Crippen LogP contribution in [0.1, 0.15) is 39.9 Å². The molecule has 0 bridgehead atoms. The van der Waals surface area contributed by atoms with E-state index in [-0.39, 0.29) is 41.4 Å². The van der Waals surface area contributed by atoms with Crippen LogP contribution < -0.4 is 9.47 Å². The normalized spacial score (nSPS) is 18.5. The van der Waals surface area contributed by atoms with Crippen LogP contribution in [0.15, 0.2) is 60.7 Å². The van der Waals surface area contributed by atoms with E-state index in [1.54, 1.807) is 4.90 Å². The van der Waals surface area contributed by atoms with Gasteiger partial charge in [-0.2, -0.15) is 5.26 Å². The van der Waals surface area contributed by atoms with Crippen molar-refractivity contribution >= 4 is 5.91 Å². The van der Waals surface area contributed by atoms with Crippen molar-refractivity contribution in [1.82, 2.24) is 4.90 Å². The summed E-state index contributed by atoms with van der Waals surface area (Å²) >= 11 is 0. The fourth-order valence-corrected chi connectivity index (χ4v) is 4.40. The average Bonchev–Trinajstić information content (AvgIpc) is 3.25. The first kappa shape index (κ1) is 21.7. The van der Waals surface area contributed by atoms with E-state index in [4.69, 9.17) is 14.7 Å². The van der Waals surface area contributed by atoms with E-state index in [2.05, 4.69) is 6.07 Å². The smallest absolute Gasteiger partial charge is 0.262 e. The summed E-state index contributed by atoms with van der Waals surface area (Å²) in [5.41, 5.74) is 2.82. The molecular formula is C27H24N2O5. The highest BCUT2D eigenvalue weighted by Gasteiger charge is 2.34. The molecule has 1 amide bonds. The highest BCUT2D eigenvalue weighted by Crippen LogP contribution is 2.39. The molecule has 5 rings (SSSR count). The number of phenols is 2. The highest BCUT2D eigenvalue weighted by molar-refractivity contribution is 6.00. The lowest BCUT2D eigenvalue weighted by Crippen LogP contribution is -2.33. The summed E-state index contributed by atoms with van der Waals surface area (Å²) in [5.74, 6) is -0.0193. The number of carbonyl (C=O) groups is 1. The molecule has 1 saturated carbocycles. The molecule has 1 heterocycles. The number of fused-ring (bicyclic) bond motifs is 1. The molecule has 7 nitrogen and oxygen atoms in total. The summed E-state index contributed by atoms with van der Waals surface area (Å²) in [6.45, 7) is 0.889. The zero-order valence-corrected chi connectivity index (χ0v) is 18.5. The number of aromatic hydroxyl groups is 2. The predicted molar refractivity (Wildman–Crippen MR) is 123 cm³/mol. The van der Waals surface area contributed by atoms with E-state index < -0.39 is 5.91 Å². The van der Waals surface area contributed by atoms with Gasteiger partial charge in [0.25, 0.3) is 5.91 Å². The van der Waals surface area contributed by atoms with Crippen molar-refractivity contribution in [3.05, 3.63) is 82.9 Å². The Kier molecular flexibility index (Phi) is 5.72. The Bertz CT molecular complexity index is 1260. The van der Waals surface area contributed by atoms with Gasteiger partial charge in [0.2, 0.25) is 0 Å². The number of nitriles is 1. The van der Waals surface area contributed by atoms with Crippen LogP contribution in [-0.4, -0.2) is 27.1 Å². The number of amides is 1. The van der Waals surface area contributed by atoms with Crippen LogP contribution in [0, 0.1) is 17.2 Å². The molecule has 1 aliphatic carbocycles. The van der Waals surface area contributed by atoms with Crippen molar-refractivity contribution in [2.75, 3.05) is 0 Å². The van der Waals surface area contributed by atoms with Gasteiger partial charge in [0.1, 0.15) is 41.3 Å². The summed E-state index contributed by atoms with van der Waals surface area (Å²) in [6.07, 6.45) is 1.44. The Labute approximate surface area is 197 Å². The molecule has 0 radical (unpaired) electrons. The Morgan fingerprint density at radius 2 is 1.82 bits per heavy atom. The first-order valence-electron chi connectivity index (χ1n) is 11.2. The third kappa shape index (κ3) is 4.23. The predicted octanol–water partition coefficient (Wildman–Crippen LogP) is 4.51. The average molecular weight is 456 g/mol. The van der Waals surface area contributed by atoms with Gasteiger partial charge in [-0.1, -0.05) is 42.5 Å². The lowest BCUT2D eigenvalue weighted by molar-refractivity contribution is 0.0736. The van der Waals surface area contributed by atoms with Crippen molar-refractivity contribution < 1.29 is 24.5 Å². The minimum absolute atomic E-state index is 0.0138. The summed E-state index contributed by atoms with van der Waals surface area (Å²) in [7, 11) is 0. The van der Waals surface area contributed by atoms with Crippen LogP contribution in [0.5, 0.6) is 23.0 Å². The van der Waals surface area contributed by atoms with E-state index in [9.17, 15) is 15.0 Å². The molecule has 2 N–H and O–H groups in total. The molecule has 1 fully saturated rings. The molecule has 0 aromatic heterocycles. The maximum atomic E-state index is 13.5. The standard InChI is InChI=1S/C27H24N2O5/c28-13-18-9-21(10-18)34-24-8-4-7-19-14-29(15-22(19)24)27(32)26-23(31)11-20(30)12-25(26)33-16-17-5-2-1-3-6-17/h1-8,11-12,18,21,30-31H,9-10,14-16H2. The number of hydrogen-bond acceptors (Lipinski definition) is 6. The second-order valence-electron chi connectivity index (χ2n) is 8.70. The molecule has 3 aromatic carbocycles. The minimum Gasteiger partial charge on any atom is -0.508 e. The first-order chi connectivity index (χ1) is 16.5. The van der Waals surface area contributed by atoms with E-state index in [0.29, 0.717) is 25.9 Å². The fourth-order valence-electron chi connectivity index (χ4n) is 4.40. The van der Waals surface area contributed by atoms with Gasteiger partial charge in [-0.3, -0.25) is 4.79 Å². The third-order valence-corrected chi connectivity index (χ3v) is 6.32. The molecule has 34 heavy (non-hydrogen) atoms. The molecule has 0 unspecified atom stereocenters. The molecule has 0 atom stereocenters. The van der Waals surface area contributed by atoms with Crippen LogP contribution in [0.2, 0.25) is 0 Å². The maximum Gasteiger partial charge on any atom is 0.262 e. The molecule has 172 valence electrons. The Morgan fingerprint density at radius 1 is 1.03 bits per heavy atom. The van der Waals surface area contributed by atoms with Gasteiger partial charge in [-0.25, -0.2) is 0 Å². The molecule has 1 aliphatic heterocycles. The number of rotatable bonds is 6. The SMILES string of the molecule is N#CC1CC(Oc2cccc3c2CN(C(=O)c2c(O)cc(O)cc2OCc2ccccc2)C3)C1. The summed E-state index contributed by atoms with van der Waals surface area (Å²) in [5, 5.41) is 29.5. The zero-order valence-electron chi connectivity index (χ0n) is 18.5. The number of hydrogen-bond donors (Lipinski definition) is 2. The number of benzene rings is 3. The lowest BCUT2D eigenvalue weighted by atomic mass is 9.83. The third-order valence-electron chi connectivity index (χ3n) is 6.32. The number of nitrogens with zero attached hydrogens (tertiary/aromatic N) is 2. The van der Waals surface area contributed by atoms with Crippen LogP contribution in [0.4, 0.5) is 0 Å². The van der Waals surface area contributed by atoms with E-state index in [0.717, 1.165) is 28.5 Å². The van der Waals surface area contributed by atoms with Crippen molar-refractivity contribution in [3.8, 4) is 29.1 Å². The molecule has 7 heteroatoms. The second-order valence-corrected chi connectivity index (χ2v) is 8.70. The lowest BCUT2D eigenvalue weighted by Gasteiger charge is -2.31. The van der Waals surface area contributed by atoms with Crippen molar-refractivity contribution in [2.24, 2.45) is 5.92 Å². The fraction of sp³-hybridized carbons (Fsp3) is 0.259. The van der Waals surface area contributed by atoms with E-state index in [1.807, 2.05) is 48.5 Å². The van der Waals surface area contributed by atoms with Crippen molar-refractivity contribution in [2.45, 2.75) is 38.6 Å². The van der Waals surface area contributed by atoms with E-state index in [1.165, 1.54) is 6.07 Å².